The van der Waals surface area contributed by atoms with E-state index in [1.54, 1.807) is 30.5 Å². The van der Waals surface area contributed by atoms with E-state index in [0.717, 1.165) is 16.5 Å². The summed E-state index contributed by atoms with van der Waals surface area (Å²) in [5.74, 6) is -1.44. The lowest BCUT2D eigenvalue weighted by atomic mass is 9.77. The molecule has 1 atom stereocenters. The summed E-state index contributed by atoms with van der Waals surface area (Å²) >= 11 is 0. The Hall–Kier alpha value is -2.85. The summed E-state index contributed by atoms with van der Waals surface area (Å²) in [5, 5.41) is 20.4. The highest BCUT2D eigenvalue weighted by Gasteiger charge is 2.30. The highest BCUT2D eigenvalue weighted by Crippen LogP contribution is 2.26. The third kappa shape index (κ3) is 4.49. The van der Waals surface area contributed by atoms with Crippen molar-refractivity contribution >= 4 is 28.1 Å². The molecule has 7 nitrogen and oxygen atoms in total. The van der Waals surface area contributed by atoms with Gasteiger partial charge >= 0.3 is 7.12 Å². The fourth-order valence-corrected chi connectivity index (χ4v) is 4.87. The molecule has 154 valence electrons. The van der Waals surface area contributed by atoms with Gasteiger partial charge in [-0.2, -0.15) is 0 Å². The van der Waals surface area contributed by atoms with E-state index >= 15 is 0 Å². The van der Waals surface area contributed by atoms with Crippen molar-refractivity contribution in [2.75, 3.05) is 0 Å². The van der Waals surface area contributed by atoms with Crippen LogP contribution in [0.1, 0.15) is 11.1 Å². The summed E-state index contributed by atoms with van der Waals surface area (Å²) in [5.41, 5.74) is 3.41. The van der Waals surface area contributed by atoms with E-state index in [1.807, 2.05) is 30.3 Å². The summed E-state index contributed by atoms with van der Waals surface area (Å²) < 4.78 is 38.7. The smallest absolute Gasteiger partial charge is 0.471 e. The van der Waals surface area contributed by atoms with Gasteiger partial charge < -0.3 is 18.9 Å². The molecule has 0 amide bonds. The lowest BCUT2D eigenvalue weighted by molar-refractivity contribution is 0.379. The summed E-state index contributed by atoms with van der Waals surface area (Å²) in [6, 6.07) is 16.1. The summed E-state index contributed by atoms with van der Waals surface area (Å²) in [6.07, 6.45) is 4.63. The number of rotatable bonds is 8. The number of nitrogens with one attached hydrogen (secondary N) is 1. The van der Waals surface area contributed by atoms with Crippen molar-refractivity contribution in [1.29, 1.82) is 0 Å². The molecule has 0 saturated carbocycles. The van der Waals surface area contributed by atoms with Crippen molar-refractivity contribution in [2.45, 2.75) is 18.1 Å². The number of benzene rings is 2. The molecule has 4 aromatic rings. The molecule has 0 unspecified atom stereocenters. The van der Waals surface area contributed by atoms with Crippen LogP contribution in [0, 0.1) is 0 Å². The Morgan fingerprint density at radius 1 is 0.967 bits per heavy atom. The number of hydrogen-bond acceptors (Lipinski definition) is 6. The van der Waals surface area contributed by atoms with Crippen molar-refractivity contribution in [3.05, 3.63) is 84.5 Å². The summed E-state index contributed by atoms with van der Waals surface area (Å²) in [7, 11) is -5.76. The molecule has 30 heavy (non-hydrogen) atoms. The van der Waals surface area contributed by atoms with Crippen LogP contribution in [0.4, 0.5) is 0 Å². The second kappa shape index (κ2) is 8.49. The molecule has 0 saturated heterocycles. The SMILES string of the molecule is O=S(=O)(Cc1ccccc1-c1ccoc1)N[C@@H](Cc1coc2ccccc12)B(O)O. The van der Waals surface area contributed by atoms with E-state index in [9.17, 15) is 18.5 Å². The van der Waals surface area contributed by atoms with Crippen LogP contribution < -0.4 is 4.72 Å². The van der Waals surface area contributed by atoms with Gasteiger partial charge in [0, 0.05) is 10.9 Å². The van der Waals surface area contributed by atoms with Crippen molar-refractivity contribution < 1.29 is 27.3 Å². The lowest BCUT2D eigenvalue weighted by Gasteiger charge is -2.18. The van der Waals surface area contributed by atoms with Crippen LogP contribution in [-0.4, -0.2) is 31.5 Å². The molecule has 2 aromatic carbocycles. The van der Waals surface area contributed by atoms with Crippen LogP contribution in [0.2, 0.25) is 0 Å². The Morgan fingerprint density at radius 2 is 1.73 bits per heavy atom. The van der Waals surface area contributed by atoms with Crippen molar-refractivity contribution in [3.63, 3.8) is 0 Å². The molecule has 2 aromatic heterocycles. The van der Waals surface area contributed by atoms with Crippen LogP contribution in [0.15, 0.2) is 82.2 Å². The molecule has 0 spiro atoms. The number of furan rings is 2. The van der Waals surface area contributed by atoms with Crippen LogP contribution in [0.3, 0.4) is 0 Å². The summed E-state index contributed by atoms with van der Waals surface area (Å²) in [4.78, 5) is 0. The molecule has 0 aliphatic carbocycles. The minimum atomic E-state index is -3.88. The van der Waals surface area contributed by atoms with Gasteiger partial charge in [0.05, 0.1) is 30.5 Å². The fourth-order valence-electron chi connectivity index (χ4n) is 3.46. The number of sulfonamides is 1. The monoisotopic (exact) mass is 425 g/mol. The number of para-hydroxylation sites is 1. The Labute approximate surface area is 174 Å². The van der Waals surface area contributed by atoms with E-state index in [0.29, 0.717) is 16.7 Å². The Balaban J connectivity index is 1.55. The molecule has 0 aliphatic rings. The van der Waals surface area contributed by atoms with Crippen molar-refractivity contribution in [3.8, 4) is 11.1 Å². The first-order valence-corrected chi connectivity index (χ1v) is 11.0. The first kappa shape index (κ1) is 20.4. The quantitative estimate of drug-likeness (QED) is 0.374. The maximum Gasteiger partial charge on any atom is 0.471 e. The van der Waals surface area contributed by atoms with Crippen molar-refractivity contribution in [2.24, 2.45) is 0 Å². The van der Waals surface area contributed by atoms with E-state index in [-0.39, 0.29) is 12.2 Å². The molecular weight excluding hydrogens is 405 g/mol. The molecule has 9 heteroatoms. The molecular formula is C21H20BNO6S. The van der Waals surface area contributed by atoms with Gasteiger partial charge in [0.2, 0.25) is 10.0 Å². The zero-order valence-corrected chi connectivity index (χ0v) is 16.7. The summed E-state index contributed by atoms with van der Waals surface area (Å²) in [6.45, 7) is 0. The molecule has 0 fully saturated rings. The van der Waals surface area contributed by atoms with E-state index in [1.165, 1.54) is 12.5 Å². The van der Waals surface area contributed by atoms with Gasteiger partial charge in [0.25, 0.3) is 0 Å². The average molecular weight is 425 g/mol. The molecule has 3 N–H and O–H groups in total. The highest BCUT2D eigenvalue weighted by atomic mass is 32.2. The van der Waals surface area contributed by atoms with Crippen molar-refractivity contribution in [1.82, 2.24) is 4.72 Å². The van der Waals surface area contributed by atoms with Crippen LogP contribution in [0.25, 0.3) is 22.1 Å². The van der Waals surface area contributed by atoms with Crippen LogP contribution >= 0.6 is 0 Å². The van der Waals surface area contributed by atoms with E-state index < -0.39 is 23.1 Å². The van der Waals surface area contributed by atoms with Gasteiger partial charge in [-0.25, -0.2) is 13.1 Å². The van der Waals surface area contributed by atoms with Gasteiger partial charge in [-0.05, 0) is 35.2 Å². The fraction of sp³-hybridized carbons (Fsp3) is 0.143. The van der Waals surface area contributed by atoms with Gasteiger partial charge in [0.15, 0.2) is 0 Å². The second-order valence-electron chi connectivity index (χ2n) is 7.03. The molecule has 0 aliphatic heterocycles. The second-order valence-corrected chi connectivity index (χ2v) is 8.78. The predicted octanol–water partition coefficient (Wildman–Crippen LogP) is 2.74. The lowest BCUT2D eigenvalue weighted by Crippen LogP contribution is -2.48. The molecule has 4 rings (SSSR count). The zero-order chi connectivity index (χ0) is 21.1. The Bertz CT molecular complexity index is 1230. The van der Waals surface area contributed by atoms with E-state index in [4.69, 9.17) is 8.83 Å². The first-order valence-electron chi connectivity index (χ1n) is 9.35. The topological polar surface area (TPSA) is 113 Å². The largest absolute Gasteiger partial charge is 0.472 e. The van der Waals surface area contributed by atoms with Gasteiger partial charge in [0.1, 0.15) is 5.58 Å². The molecule has 0 bridgehead atoms. The minimum Gasteiger partial charge on any atom is -0.472 e. The normalized spacial score (nSPS) is 12.9. The highest BCUT2D eigenvalue weighted by molar-refractivity contribution is 7.88. The standard InChI is InChI=1S/C21H20BNO6S/c24-22(25)21(11-17-13-29-20-8-4-3-7-19(17)20)23-30(26,27)14-16-5-1-2-6-18(16)15-9-10-28-12-15/h1-10,12-13,21,23-25H,11,14H2/t21-/m0/s1. The Morgan fingerprint density at radius 3 is 2.50 bits per heavy atom. The maximum atomic E-state index is 12.8. The molecule has 2 heterocycles. The van der Waals surface area contributed by atoms with Crippen LogP contribution in [0.5, 0.6) is 0 Å². The van der Waals surface area contributed by atoms with Gasteiger partial charge in [-0.1, -0.05) is 42.5 Å². The van der Waals surface area contributed by atoms with Gasteiger partial charge in [-0.3, -0.25) is 0 Å². The number of hydrogen-bond donors (Lipinski definition) is 3. The third-order valence-electron chi connectivity index (χ3n) is 4.89. The maximum absolute atomic E-state index is 12.8. The molecule has 0 radical (unpaired) electrons. The number of fused-ring (bicyclic) bond motifs is 1. The van der Waals surface area contributed by atoms with Gasteiger partial charge in [-0.15, -0.1) is 0 Å². The predicted molar refractivity (Wildman–Crippen MR) is 114 cm³/mol. The zero-order valence-electron chi connectivity index (χ0n) is 15.9. The van der Waals surface area contributed by atoms with Crippen LogP contribution in [-0.2, 0) is 22.2 Å². The first-order chi connectivity index (χ1) is 14.4. The Kier molecular flexibility index (Phi) is 5.78. The minimum absolute atomic E-state index is 0.0668. The third-order valence-corrected chi connectivity index (χ3v) is 6.24. The average Bonchev–Trinajstić information content (AvgIpc) is 3.38. The van der Waals surface area contributed by atoms with E-state index in [2.05, 4.69) is 4.72 Å².